The number of benzene rings is 1. The molecule has 0 bridgehead atoms. The molecule has 0 fully saturated rings. The van der Waals surface area contributed by atoms with Crippen molar-refractivity contribution < 1.29 is 9.13 Å². The van der Waals surface area contributed by atoms with Crippen LogP contribution in [-0.2, 0) is 0 Å². The summed E-state index contributed by atoms with van der Waals surface area (Å²) in [4.78, 5) is 3.79. The van der Waals surface area contributed by atoms with Crippen LogP contribution in [-0.4, -0.2) is 18.1 Å². The second kappa shape index (κ2) is 7.74. The fourth-order valence-electron chi connectivity index (χ4n) is 2.28. The molecule has 0 amide bonds. The van der Waals surface area contributed by atoms with Gasteiger partial charge in [0.25, 0.3) is 0 Å². The molecular weight excluding hydrogens is 267 g/mol. The van der Waals surface area contributed by atoms with Crippen molar-refractivity contribution >= 4 is 0 Å². The number of aryl methyl sites for hydroxylation is 1. The number of halogens is 1. The third-order valence-corrected chi connectivity index (χ3v) is 3.29. The van der Waals surface area contributed by atoms with E-state index in [-0.39, 0.29) is 11.9 Å². The summed E-state index contributed by atoms with van der Waals surface area (Å²) in [5.41, 5.74) is 1.80. The second-order valence-corrected chi connectivity index (χ2v) is 4.96. The van der Waals surface area contributed by atoms with Gasteiger partial charge >= 0.3 is 0 Å². The lowest BCUT2D eigenvalue weighted by Crippen LogP contribution is -2.24. The van der Waals surface area contributed by atoms with Crippen molar-refractivity contribution in [2.45, 2.75) is 26.3 Å². The van der Waals surface area contributed by atoms with Crippen molar-refractivity contribution in [1.29, 1.82) is 0 Å². The van der Waals surface area contributed by atoms with E-state index in [0.717, 1.165) is 17.9 Å². The zero-order chi connectivity index (χ0) is 15.1. The highest BCUT2D eigenvalue weighted by molar-refractivity contribution is 5.27. The molecule has 0 aliphatic carbocycles. The van der Waals surface area contributed by atoms with Crippen molar-refractivity contribution in [2.75, 3.05) is 13.2 Å². The first-order valence-corrected chi connectivity index (χ1v) is 7.23. The number of hydrogen-bond donors (Lipinski definition) is 1. The average molecular weight is 288 g/mol. The first-order valence-electron chi connectivity index (χ1n) is 7.23. The summed E-state index contributed by atoms with van der Waals surface area (Å²) >= 11 is 0. The van der Waals surface area contributed by atoms with Gasteiger partial charge in [0, 0.05) is 24.2 Å². The summed E-state index contributed by atoms with van der Waals surface area (Å²) in [5.74, 6) is 0.569. The highest BCUT2D eigenvalue weighted by atomic mass is 19.1. The predicted octanol–water partition coefficient (Wildman–Crippen LogP) is 3.65. The molecule has 1 atom stereocenters. The Balaban J connectivity index is 1.96. The molecular formula is C17H21FN2O. The van der Waals surface area contributed by atoms with Crippen LogP contribution in [0.1, 0.15) is 30.5 Å². The van der Waals surface area contributed by atoms with Crippen LogP contribution in [0.5, 0.6) is 5.75 Å². The fraction of sp³-hybridized carbons (Fsp3) is 0.353. The fourth-order valence-corrected chi connectivity index (χ4v) is 2.28. The van der Waals surface area contributed by atoms with Crippen molar-refractivity contribution in [2.24, 2.45) is 0 Å². The van der Waals surface area contributed by atoms with Crippen LogP contribution in [0.15, 0.2) is 42.7 Å². The van der Waals surface area contributed by atoms with Gasteiger partial charge in [0.15, 0.2) is 0 Å². The van der Waals surface area contributed by atoms with E-state index in [2.05, 4.69) is 10.3 Å². The maximum Gasteiger partial charge on any atom is 0.146 e. The second-order valence-electron chi connectivity index (χ2n) is 4.96. The van der Waals surface area contributed by atoms with Crippen LogP contribution in [0.2, 0.25) is 0 Å². The minimum Gasteiger partial charge on any atom is -0.494 e. The Kier molecular flexibility index (Phi) is 5.69. The summed E-state index contributed by atoms with van der Waals surface area (Å²) in [7, 11) is 0. The first kappa shape index (κ1) is 15.4. The monoisotopic (exact) mass is 288 g/mol. The maximum atomic E-state index is 13.8. The third kappa shape index (κ3) is 4.53. The number of rotatable bonds is 7. The Morgan fingerprint density at radius 1 is 1.33 bits per heavy atom. The van der Waals surface area contributed by atoms with Gasteiger partial charge in [0.2, 0.25) is 0 Å². The smallest absolute Gasteiger partial charge is 0.146 e. The average Bonchev–Trinajstić information content (AvgIpc) is 2.47. The van der Waals surface area contributed by atoms with Crippen molar-refractivity contribution in [3.05, 3.63) is 59.7 Å². The molecule has 1 aromatic heterocycles. The van der Waals surface area contributed by atoms with E-state index in [4.69, 9.17) is 4.74 Å². The lowest BCUT2D eigenvalue weighted by molar-refractivity contribution is 0.285. The molecule has 3 nitrogen and oxygen atoms in total. The van der Waals surface area contributed by atoms with Gasteiger partial charge in [-0.25, -0.2) is 4.39 Å². The number of aromatic nitrogens is 1. The van der Waals surface area contributed by atoms with Gasteiger partial charge in [0.05, 0.1) is 12.8 Å². The lowest BCUT2D eigenvalue weighted by atomic mass is 10.1. The minimum atomic E-state index is -0.279. The number of nitrogens with zero attached hydrogens (tertiary/aromatic N) is 1. The summed E-state index contributed by atoms with van der Waals surface area (Å²) in [6.45, 7) is 5.34. The highest BCUT2D eigenvalue weighted by Gasteiger charge is 2.14. The largest absolute Gasteiger partial charge is 0.494 e. The Morgan fingerprint density at radius 3 is 2.90 bits per heavy atom. The van der Waals surface area contributed by atoms with E-state index in [0.29, 0.717) is 18.6 Å². The van der Waals surface area contributed by atoms with E-state index in [9.17, 15) is 4.39 Å². The molecule has 2 rings (SSSR count). The molecule has 0 saturated carbocycles. The molecule has 0 aliphatic heterocycles. The van der Waals surface area contributed by atoms with Gasteiger partial charge in [-0.1, -0.05) is 19.1 Å². The summed E-state index contributed by atoms with van der Waals surface area (Å²) in [5, 5.41) is 3.29. The van der Waals surface area contributed by atoms with Crippen LogP contribution in [0.4, 0.5) is 4.39 Å². The van der Waals surface area contributed by atoms with Crippen molar-refractivity contribution in [3.63, 3.8) is 0 Å². The molecule has 112 valence electrons. The number of ether oxygens (including phenoxy) is 1. The zero-order valence-electron chi connectivity index (χ0n) is 12.5. The molecule has 2 aromatic rings. The van der Waals surface area contributed by atoms with E-state index >= 15 is 0 Å². The molecule has 21 heavy (non-hydrogen) atoms. The van der Waals surface area contributed by atoms with Crippen LogP contribution in [0.3, 0.4) is 0 Å². The van der Waals surface area contributed by atoms with Crippen LogP contribution in [0.25, 0.3) is 0 Å². The number of nitrogens with one attached hydrogen (secondary N) is 1. The number of hydrogen-bond acceptors (Lipinski definition) is 3. The first-order chi connectivity index (χ1) is 10.2. The van der Waals surface area contributed by atoms with Gasteiger partial charge in [-0.2, -0.15) is 0 Å². The van der Waals surface area contributed by atoms with Gasteiger partial charge in [-0.05, 0) is 37.2 Å². The topological polar surface area (TPSA) is 34.1 Å². The summed E-state index contributed by atoms with van der Waals surface area (Å²) < 4.78 is 19.6. The molecule has 1 N–H and O–H groups in total. The Labute approximate surface area is 125 Å². The molecule has 4 heteroatoms. The van der Waals surface area contributed by atoms with E-state index in [1.54, 1.807) is 12.3 Å². The number of pyridine rings is 1. The van der Waals surface area contributed by atoms with Gasteiger partial charge < -0.3 is 10.1 Å². The van der Waals surface area contributed by atoms with E-state index in [1.165, 1.54) is 6.20 Å². The maximum absolute atomic E-state index is 13.8. The predicted molar refractivity (Wildman–Crippen MR) is 81.9 cm³/mol. The molecule has 1 unspecified atom stereocenters. The van der Waals surface area contributed by atoms with Crippen LogP contribution >= 0.6 is 0 Å². The molecule has 0 aliphatic rings. The molecule has 1 heterocycles. The van der Waals surface area contributed by atoms with E-state index < -0.39 is 0 Å². The quantitative estimate of drug-likeness (QED) is 0.844. The Hall–Kier alpha value is -1.94. The standard InChI is InChI=1S/C17H21FN2O/c1-3-20-17(15-7-9-19-12-16(15)18)8-10-21-14-6-4-5-13(2)11-14/h4-7,9,11-12,17,20H,3,8,10H2,1-2H3. The molecule has 0 radical (unpaired) electrons. The SMILES string of the molecule is CCNC(CCOc1cccc(C)c1)c1ccncc1F. The normalized spacial score (nSPS) is 12.1. The Morgan fingerprint density at radius 2 is 2.19 bits per heavy atom. The van der Waals surface area contributed by atoms with Crippen molar-refractivity contribution in [1.82, 2.24) is 10.3 Å². The minimum absolute atomic E-state index is 0.0668. The van der Waals surface area contributed by atoms with Gasteiger partial charge in [-0.3, -0.25) is 4.98 Å². The third-order valence-electron chi connectivity index (χ3n) is 3.29. The van der Waals surface area contributed by atoms with Crippen LogP contribution < -0.4 is 10.1 Å². The Bertz CT molecular complexity index is 574. The summed E-state index contributed by atoms with van der Waals surface area (Å²) in [6, 6.07) is 9.57. The lowest BCUT2D eigenvalue weighted by Gasteiger charge is -2.19. The molecule has 0 saturated heterocycles. The zero-order valence-corrected chi connectivity index (χ0v) is 12.5. The molecule has 1 aromatic carbocycles. The van der Waals surface area contributed by atoms with E-state index in [1.807, 2.05) is 38.1 Å². The van der Waals surface area contributed by atoms with Gasteiger partial charge in [-0.15, -0.1) is 0 Å². The molecule has 0 spiro atoms. The summed E-state index contributed by atoms with van der Waals surface area (Å²) in [6.07, 6.45) is 3.56. The van der Waals surface area contributed by atoms with Crippen molar-refractivity contribution in [3.8, 4) is 5.75 Å². The van der Waals surface area contributed by atoms with Gasteiger partial charge in [0.1, 0.15) is 11.6 Å². The highest BCUT2D eigenvalue weighted by Crippen LogP contribution is 2.20. The van der Waals surface area contributed by atoms with Crippen LogP contribution in [0, 0.1) is 12.7 Å².